The van der Waals surface area contributed by atoms with E-state index >= 15 is 0 Å². The lowest BCUT2D eigenvalue weighted by Crippen LogP contribution is -2.22. The van der Waals surface area contributed by atoms with Gasteiger partial charge < -0.3 is 24.4 Å². The number of ether oxygens (including phenoxy) is 3. The van der Waals surface area contributed by atoms with Gasteiger partial charge in [0, 0.05) is 43.6 Å². The lowest BCUT2D eigenvalue weighted by molar-refractivity contribution is -0.147. The molecule has 2 fully saturated rings. The number of benzene rings is 1. The Labute approximate surface area is 199 Å². The fourth-order valence-corrected chi connectivity index (χ4v) is 4.91. The molecule has 34 heavy (non-hydrogen) atoms. The predicted octanol–water partition coefficient (Wildman–Crippen LogP) is 4.17. The molecule has 0 unspecified atom stereocenters. The summed E-state index contributed by atoms with van der Waals surface area (Å²) in [7, 11) is 0. The molecule has 0 radical (unpaired) electrons. The molecule has 2 aliphatic rings. The number of rotatable bonds is 10. The molecule has 6 nitrogen and oxygen atoms in total. The molecule has 6 atom stereocenters. The van der Waals surface area contributed by atoms with Crippen molar-refractivity contribution in [1.82, 2.24) is 0 Å². The van der Waals surface area contributed by atoms with Crippen molar-refractivity contribution in [2.24, 2.45) is 17.8 Å². The Morgan fingerprint density at radius 1 is 1.24 bits per heavy atom. The standard InChI is InChI=1S/C26H36F2O6/c1-16(2)34-26(31)5-3-4-17-6-8-23-22(24(30)13-25(23)33-14-17)9-7-20(29)15-32-21-11-18(27)10-19(28)12-21/h7,9-12,16-17,20,22-25,29-30H,3-6,8,13-15H2,1-2H3/t17-,20+,22+,23+,24+,25-/m0/s1. The number of aliphatic hydroxyl groups excluding tert-OH is 2. The molecule has 190 valence electrons. The molecule has 1 aromatic rings. The maximum absolute atomic E-state index is 13.3. The zero-order valence-corrected chi connectivity index (χ0v) is 19.9. The normalized spacial score (nSPS) is 28.0. The van der Waals surface area contributed by atoms with Crippen LogP contribution >= 0.6 is 0 Å². The summed E-state index contributed by atoms with van der Waals surface area (Å²) >= 11 is 0. The Hall–Kier alpha value is -2.03. The second-order valence-corrected chi connectivity index (χ2v) is 9.66. The van der Waals surface area contributed by atoms with E-state index in [1.54, 1.807) is 12.2 Å². The largest absolute Gasteiger partial charge is 0.490 e. The smallest absolute Gasteiger partial charge is 0.306 e. The van der Waals surface area contributed by atoms with E-state index in [0.29, 0.717) is 25.4 Å². The molecular formula is C26H36F2O6. The molecular weight excluding hydrogens is 446 g/mol. The van der Waals surface area contributed by atoms with Gasteiger partial charge >= 0.3 is 5.97 Å². The van der Waals surface area contributed by atoms with Crippen molar-refractivity contribution in [3.05, 3.63) is 42.0 Å². The van der Waals surface area contributed by atoms with E-state index in [9.17, 15) is 23.8 Å². The molecule has 1 saturated carbocycles. The summed E-state index contributed by atoms with van der Waals surface area (Å²) in [5.74, 6) is -1.29. The SMILES string of the molecule is CC(C)OC(=O)CCC[C@H]1CC[C@@H]2[C@@H](C=C[C@@H](O)COc3cc(F)cc(F)c3)[C@H](O)C[C@@H]2OC1. The summed E-state index contributed by atoms with van der Waals surface area (Å²) in [6.07, 6.45) is 6.16. The van der Waals surface area contributed by atoms with Crippen molar-refractivity contribution in [3.63, 3.8) is 0 Å². The molecule has 8 heteroatoms. The highest BCUT2D eigenvalue weighted by Gasteiger charge is 2.43. The van der Waals surface area contributed by atoms with Gasteiger partial charge in [0.25, 0.3) is 0 Å². The number of carbonyl (C=O) groups is 1. The number of aliphatic hydroxyl groups is 2. The van der Waals surface area contributed by atoms with E-state index in [0.717, 1.165) is 43.9 Å². The Morgan fingerprint density at radius 3 is 2.68 bits per heavy atom. The summed E-state index contributed by atoms with van der Waals surface area (Å²) in [4.78, 5) is 11.7. The molecule has 1 aromatic carbocycles. The first-order valence-electron chi connectivity index (χ1n) is 12.2. The first kappa shape index (κ1) is 26.6. The van der Waals surface area contributed by atoms with E-state index in [1.165, 1.54) is 0 Å². The molecule has 2 N–H and O–H groups in total. The van der Waals surface area contributed by atoms with Gasteiger partial charge in [-0.2, -0.15) is 0 Å². The lowest BCUT2D eigenvalue weighted by atomic mass is 9.86. The minimum Gasteiger partial charge on any atom is -0.490 e. The van der Waals surface area contributed by atoms with Crippen LogP contribution in [0.15, 0.2) is 30.4 Å². The third kappa shape index (κ3) is 8.03. The van der Waals surface area contributed by atoms with Crippen LogP contribution in [0.5, 0.6) is 5.75 Å². The quantitative estimate of drug-likeness (QED) is 0.385. The van der Waals surface area contributed by atoms with Crippen LogP contribution in [0.1, 0.15) is 52.4 Å². The van der Waals surface area contributed by atoms with Crippen molar-refractivity contribution in [2.75, 3.05) is 13.2 Å². The average Bonchev–Trinajstić information content (AvgIpc) is 2.91. The highest BCUT2D eigenvalue weighted by Crippen LogP contribution is 2.42. The van der Waals surface area contributed by atoms with Crippen molar-refractivity contribution >= 4 is 5.97 Å². The predicted molar refractivity (Wildman–Crippen MR) is 122 cm³/mol. The number of hydrogen-bond acceptors (Lipinski definition) is 6. The Balaban J connectivity index is 1.46. The third-order valence-electron chi connectivity index (χ3n) is 6.52. The van der Waals surface area contributed by atoms with Crippen LogP contribution in [0.4, 0.5) is 8.78 Å². The Kier molecular flexibility index (Phi) is 9.85. The van der Waals surface area contributed by atoms with Crippen LogP contribution in [0.2, 0.25) is 0 Å². The second-order valence-electron chi connectivity index (χ2n) is 9.66. The van der Waals surface area contributed by atoms with Crippen molar-refractivity contribution in [3.8, 4) is 5.75 Å². The number of esters is 1. The van der Waals surface area contributed by atoms with Gasteiger partial charge in [-0.25, -0.2) is 8.78 Å². The Bertz CT molecular complexity index is 809. The molecule has 1 saturated heterocycles. The summed E-state index contributed by atoms with van der Waals surface area (Å²) in [6.45, 7) is 4.14. The van der Waals surface area contributed by atoms with E-state index in [2.05, 4.69) is 0 Å². The van der Waals surface area contributed by atoms with Gasteiger partial charge in [-0.1, -0.05) is 12.2 Å². The van der Waals surface area contributed by atoms with Gasteiger partial charge in [0.2, 0.25) is 0 Å². The van der Waals surface area contributed by atoms with Crippen molar-refractivity contribution in [2.45, 2.75) is 76.8 Å². The molecule has 1 heterocycles. The minimum absolute atomic E-state index is 0.00610. The molecule has 3 rings (SSSR count). The van der Waals surface area contributed by atoms with E-state index in [4.69, 9.17) is 14.2 Å². The monoisotopic (exact) mass is 482 g/mol. The van der Waals surface area contributed by atoms with Gasteiger partial charge in [-0.3, -0.25) is 4.79 Å². The summed E-state index contributed by atoms with van der Waals surface area (Å²) in [6, 6.07) is 2.86. The minimum atomic E-state index is -0.984. The van der Waals surface area contributed by atoms with Crippen LogP contribution < -0.4 is 4.74 Å². The van der Waals surface area contributed by atoms with Gasteiger partial charge in [-0.05, 0) is 51.4 Å². The number of halogens is 2. The molecule has 0 amide bonds. The average molecular weight is 483 g/mol. The first-order chi connectivity index (χ1) is 16.2. The fraction of sp³-hybridized carbons (Fsp3) is 0.654. The summed E-state index contributed by atoms with van der Waals surface area (Å²) in [5.41, 5.74) is 0. The van der Waals surface area contributed by atoms with Gasteiger partial charge in [0.05, 0.1) is 18.3 Å². The van der Waals surface area contributed by atoms with Crippen LogP contribution in [0.25, 0.3) is 0 Å². The third-order valence-corrected chi connectivity index (χ3v) is 6.52. The highest BCUT2D eigenvalue weighted by atomic mass is 19.1. The number of hydrogen-bond donors (Lipinski definition) is 2. The number of carbonyl (C=O) groups excluding carboxylic acids is 1. The highest BCUT2D eigenvalue weighted by molar-refractivity contribution is 5.69. The van der Waals surface area contributed by atoms with Crippen LogP contribution in [-0.4, -0.2) is 53.8 Å². The zero-order valence-electron chi connectivity index (χ0n) is 19.9. The molecule has 0 spiro atoms. The van der Waals surface area contributed by atoms with Crippen LogP contribution in [-0.2, 0) is 14.3 Å². The maximum atomic E-state index is 13.3. The topological polar surface area (TPSA) is 85.2 Å². The van der Waals surface area contributed by atoms with E-state index in [1.807, 2.05) is 13.8 Å². The molecule has 1 aliphatic carbocycles. The van der Waals surface area contributed by atoms with Crippen molar-refractivity contribution < 1.29 is 38.0 Å². The van der Waals surface area contributed by atoms with Crippen molar-refractivity contribution in [1.29, 1.82) is 0 Å². The lowest BCUT2D eigenvalue weighted by Gasteiger charge is -2.21. The van der Waals surface area contributed by atoms with Gasteiger partial charge in [0.1, 0.15) is 30.1 Å². The second kappa shape index (κ2) is 12.6. The van der Waals surface area contributed by atoms with Gasteiger partial charge in [0.15, 0.2) is 0 Å². The molecule has 0 aromatic heterocycles. The maximum Gasteiger partial charge on any atom is 0.306 e. The Morgan fingerprint density at radius 2 is 1.97 bits per heavy atom. The van der Waals surface area contributed by atoms with E-state index < -0.39 is 23.8 Å². The molecule has 0 bridgehead atoms. The first-order valence-corrected chi connectivity index (χ1v) is 12.2. The fourth-order valence-electron chi connectivity index (χ4n) is 4.91. The summed E-state index contributed by atoms with van der Waals surface area (Å²) in [5, 5.41) is 20.8. The number of fused-ring (bicyclic) bond motifs is 1. The van der Waals surface area contributed by atoms with Gasteiger partial charge in [-0.15, -0.1) is 0 Å². The van der Waals surface area contributed by atoms with E-state index in [-0.39, 0.29) is 42.4 Å². The van der Waals surface area contributed by atoms with Crippen LogP contribution in [0, 0.1) is 29.4 Å². The summed E-state index contributed by atoms with van der Waals surface area (Å²) < 4.78 is 43.1. The van der Waals surface area contributed by atoms with Crippen LogP contribution in [0.3, 0.4) is 0 Å². The zero-order chi connectivity index (χ0) is 24.7. The molecule has 1 aliphatic heterocycles.